The molecule has 0 amide bonds. The first-order valence-electron chi connectivity index (χ1n) is 11.3. The number of nitrogens with one attached hydrogen (secondary N) is 2. The van der Waals surface area contributed by atoms with Crippen LogP contribution in [0.2, 0.25) is 0 Å². The maximum atomic E-state index is 12.6. The summed E-state index contributed by atoms with van der Waals surface area (Å²) in [5.74, 6) is 0.873. The van der Waals surface area contributed by atoms with E-state index in [0.717, 1.165) is 43.4 Å². The molecule has 1 saturated heterocycles. The van der Waals surface area contributed by atoms with Crippen molar-refractivity contribution < 1.29 is 13.2 Å². The lowest BCUT2D eigenvalue weighted by Gasteiger charge is -2.33. The number of benzene rings is 1. The molecule has 0 unspecified atom stereocenters. The third-order valence-electron chi connectivity index (χ3n) is 6.28. The Bertz CT molecular complexity index is 1220. The number of nitrogens with zero attached hydrogens (tertiary/aromatic N) is 4. The average molecular weight is 469 g/mol. The molecule has 0 bridgehead atoms. The van der Waals surface area contributed by atoms with Crippen LogP contribution < -0.4 is 5.32 Å². The van der Waals surface area contributed by atoms with Crippen molar-refractivity contribution in [1.29, 1.82) is 5.26 Å². The molecule has 0 atom stereocenters. The summed E-state index contributed by atoms with van der Waals surface area (Å²) in [6.45, 7) is 8.36. The van der Waals surface area contributed by atoms with Crippen molar-refractivity contribution >= 4 is 22.8 Å². The molecule has 0 spiro atoms. The highest BCUT2D eigenvalue weighted by Gasteiger charge is 2.27. The highest BCUT2D eigenvalue weighted by molar-refractivity contribution is 5.85. The van der Waals surface area contributed by atoms with E-state index in [0.29, 0.717) is 23.0 Å². The van der Waals surface area contributed by atoms with Crippen LogP contribution in [-0.2, 0) is 13.0 Å². The van der Waals surface area contributed by atoms with E-state index in [9.17, 15) is 13.2 Å². The second kappa shape index (κ2) is 9.85. The summed E-state index contributed by atoms with van der Waals surface area (Å²) in [5, 5.41) is 13.6. The van der Waals surface area contributed by atoms with Gasteiger partial charge in [-0.2, -0.15) is 18.4 Å². The molecule has 178 valence electrons. The monoisotopic (exact) mass is 468 g/mol. The average Bonchev–Trinajstić information content (AvgIpc) is 3.24. The van der Waals surface area contributed by atoms with Gasteiger partial charge in [0.05, 0.1) is 0 Å². The number of hydrogen-bond donors (Lipinski definition) is 2. The van der Waals surface area contributed by atoms with Crippen molar-refractivity contribution in [2.24, 2.45) is 0 Å². The summed E-state index contributed by atoms with van der Waals surface area (Å²) in [5.41, 5.74) is 4.31. The predicted molar refractivity (Wildman–Crippen MR) is 126 cm³/mol. The molecule has 4 rings (SSSR count). The maximum Gasteiger partial charge on any atom is 0.389 e. The van der Waals surface area contributed by atoms with Crippen LogP contribution >= 0.6 is 0 Å². The van der Waals surface area contributed by atoms with Gasteiger partial charge in [-0.15, -0.1) is 0 Å². The molecule has 1 aliphatic rings. The molecular weight excluding hydrogens is 441 g/mol. The van der Waals surface area contributed by atoms with Crippen molar-refractivity contribution in [3.8, 4) is 6.07 Å². The van der Waals surface area contributed by atoms with Gasteiger partial charge >= 0.3 is 6.18 Å². The van der Waals surface area contributed by atoms with Crippen molar-refractivity contribution in [2.75, 3.05) is 18.4 Å². The van der Waals surface area contributed by atoms with E-state index in [1.54, 1.807) is 6.07 Å². The minimum atomic E-state index is -4.22. The van der Waals surface area contributed by atoms with Crippen LogP contribution in [0, 0.1) is 18.3 Å². The predicted octanol–water partition coefficient (Wildman–Crippen LogP) is 5.35. The van der Waals surface area contributed by atoms with Crippen LogP contribution in [0.3, 0.4) is 0 Å². The number of alkyl halides is 3. The first-order chi connectivity index (χ1) is 16.2. The largest absolute Gasteiger partial charge is 0.389 e. The number of nitriles is 1. The van der Waals surface area contributed by atoms with Gasteiger partial charge in [0.1, 0.15) is 17.6 Å². The number of fused-ring (bicyclic) bond motifs is 1. The van der Waals surface area contributed by atoms with E-state index in [2.05, 4.69) is 50.8 Å². The van der Waals surface area contributed by atoms with Crippen LogP contribution in [0.15, 0.2) is 30.8 Å². The zero-order valence-corrected chi connectivity index (χ0v) is 19.0. The summed E-state index contributed by atoms with van der Waals surface area (Å²) in [4.78, 5) is 14.0. The molecule has 9 heteroatoms. The Kier molecular flexibility index (Phi) is 6.89. The summed E-state index contributed by atoms with van der Waals surface area (Å²) in [6, 6.07) is 9.98. The SMILES string of the molecule is C=Cc1nc(CCC(F)(F)F)cc(NC2CCN(Cc3ccc4[nH]c(C#N)cc4c3C)CC2)n1. The van der Waals surface area contributed by atoms with Crippen LogP contribution in [-0.4, -0.2) is 45.2 Å². The second-order valence-corrected chi connectivity index (χ2v) is 8.72. The fourth-order valence-corrected chi connectivity index (χ4v) is 4.39. The Hall–Kier alpha value is -3.38. The number of halogens is 3. The lowest BCUT2D eigenvalue weighted by molar-refractivity contribution is -0.134. The first kappa shape index (κ1) is 23.8. The lowest BCUT2D eigenvalue weighted by Crippen LogP contribution is -2.39. The highest BCUT2D eigenvalue weighted by Crippen LogP contribution is 2.26. The van der Waals surface area contributed by atoms with Gasteiger partial charge in [0.25, 0.3) is 0 Å². The van der Waals surface area contributed by atoms with Crippen LogP contribution in [0.25, 0.3) is 17.0 Å². The Labute approximate surface area is 196 Å². The number of hydrogen-bond acceptors (Lipinski definition) is 5. The number of piperidine rings is 1. The van der Waals surface area contributed by atoms with Gasteiger partial charge in [-0.3, -0.25) is 4.90 Å². The maximum absolute atomic E-state index is 12.6. The number of aromatic nitrogens is 3. The van der Waals surface area contributed by atoms with E-state index in [1.165, 1.54) is 17.2 Å². The quantitative estimate of drug-likeness (QED) is 0.488. The van der Waals surface area contributed by atoms with Crippen LogP contribution in [0.5, 0.6) is 0 Å². The number of likely N-dealkylation sites (tertiary alicyclic amines) is 1. The van der Waals surface area contributed by atoms with Crippen LogP contribution in [0.1, 0.15) is 47.6 Å². The third-order valence-corrected chi connectivity index (χ3v) is 6.28. The molecule has 2 N–H and O–H groups in total. The molecule has 1 fully saturated rings. The zero-order valence-electron chi connectivity index (χ0n) is 19.0. The van der Waals surface area contributed by atoms with Gasteiger partial charge in [-0.1, -0.05) is 12.6 Å². The van der Waals surface area contributed by atoms with Crippen molar-refractivity contribution in [3.05, 3.63) is 59.2 Å². The molecule has 6 nitrogen and oxygen atoms in total. The Morgan fingerprint density at radius 1 is 1.26 bits per heavy atom. The summed E-state index contributed by atoms with van der Waals surface area (Å²) < 4.78 is 37.8. The molecule has 34 heavy (non-hydrogen) atoms. The Balaban J connectivity index is 1.36. The van der Waals surface area contributed by atoms with Gasteiger partial charge in [0, 0.05) is 54.8 Å². The Morgan fingerprint density at radius 3 is 2.71 bits per heavy atom. The second-order valence-electron chi connectivity index (χ2n) is 8.72. The number of rotatable bonds is 7. The van der Waals surface area contributed by atoms with Gasteiger partial charge in [0.2, 0.25) is 0 Å². The van der Waals surface area contributed by atoms with E-state index in [-0.39, 0.29) is 12.5 Å². The van der Waals surface area contributed by atoms with E-state index < -0.39 is 12.6 Å². The number of H-pyrrole nitrogens is 1. The summed E-state index contributed by atoms with van der Waals surface area (Å²) in [6.07, 6.45) is -2.06. The molecular formula is C25H27F3N6. The third kappa shape index (κ3) is 5.75. The molecule has 2 aromatic heterocycles. The smallest absolute Gasteiger partial charge is 0.367 e. The summed E-state index contributed by atoms with van der Waals surface area (Å²) in [7, 11) is 0. The van der Waals surface area contributed by atoms with Crippen molar-refractivity contribution in [2.45, 2.75) is 51.4 Å². The Morgan fingerprint density at radius 2 is 2.03 bits per heavy atom. The molecule has 3 aromatic rings. The summed E-state index contributed by atoms with van der Waals surface area (Å²) >= 11 is 0. The van der Waals surface area contributed by atoms with Gasteiger partial charge in [0.15, 0.2) is 5.82 Å². The molecule has 3 heterocycles. The molecule has 0 aliphatic carbocycles. The number of anilines is 1. The van der Waals surface area contributed by atoms with Crippen molar-refractivity contribution in [1.82, 2.24) is 19.9 Å². The normalized spacial score (nSPS) is 15.4. The fraction of sp³-hybridized carbons (Fsp3) is 0.400. The number of aryl methyl sites for hydroxylation is 2. The van der Waals surface area contributed by atoms with E-state index in [4.69, 9.17) is 5.26 Å². The number of aromatic amines is 1. The molecule has 1 aromatic carbocycles. The van der Waals surface area contributed by atoms with Gasteiger partial charge in [-0.05, 0) is 55.5 Å². The topological polar surface area (TPSA) is 80.6 Å². The minimum Gasteiger partial charge on any atom is -0.367 e. The fourth-order valence-electron chi connectivity index (χ4n) is 4.39. The zero-order chi connectivity index (χ0) is 24.3. The molecule has 1 aliphatic heterocycles. The molecule has 0 radical (unpaired) electrons. The highest BCUT2D eigenvalue weighted by atomic mass is 19.4. The first-order valence-corrected chi connectivity index (χ1v) is 11.3. The van der Waals surface area contributed by atoms with E-state index >= 15 is 0 Å². The lowest BCUT2D eigenvalue weighted by atomic mass is 10.0. The van der Waals surface area contributed by atoms with Gasteiger partial charge in [-0.25, -0.2) is 9.97 Å². The van der Waals surface area contributed by atoms with Crippen molar-refractivity contribution in [3.63, 3.8) is 0 Å². The minimum absolute atomic E-state index is 0.180. The standard InChI is InChI=1S/C25H27F3N6/c1-3-23-32-19(6-9-25(26,27)28)13-24(33-23)31-18-7-10-34(11-8-18)15-17-4-5-22-21(16(17)2)12-20(14-29)30-22/h3-5,12-13,18,30H,1,6-11,15H2,2H3,(H,31,32,33). The van der Waals surface area contributed by atoms with Crippen LogP contribution in [0.4, 0.5) is 19.0 Å². The van der Waals surface area contributed by atoms with E-state index in [1.807, 2.05) is 12.1 Å². The molecule has 0 saturated carbocycles. The van der Waals surface area contributed by atoms with Gasteiger partial charge < -0.3 is 10.3 Å².